The van der Waals surface area contributed by atoms with Gasteiger partial charge in [0.2, 0.25) is 5.91 Å². The minimum Gasteiger partial charge on any atom is -0.383 e. The van der Waals surface area contributed by atoms with Crippen molar-refractivity contribution in [1.82, 2.24) is 14.9 Å². The zero-order valence-electron chi connectivity index (χ0n) is 17.7. The van der Waals surface area contributed by atoms with Crippen LogP contribution in [-0.4, -0.2) is 34.5 Å². The predicted octanol–water partition coefficient (Wildman–Crippen LogP) is 1.79. The van der Waals surface area contributed by atoms with Crippen molar-refractivity contribution < 1.29 is 9.59 Å². The van der Waals surface area contributed by atoms with Gasteiger partial charge in [0, 0.05) is 19.5 Å². The molecule has 168 valence electrons. The second-order valence-corrected chi connectivity index (χ2v) is 7.99. The highest BCUT2D eigenvalue weighted by molar-refractivity contribution is 7.12. The molecule has 2 aromatic heterocycles. The lowest BCUT2D eigenvalue weighted by Crippen LogP contribution is -2.41. The standard InChI is InChI=1S/C22H25N5O4S/c1-2-26(17(28)11-6-12-24-20(29)16-10-7-13-32-16)18-19(23)27(22(31)25-21(18)30)14-15-8-4-3-5-9-15/h3-5,7-10,13H,2,6,11-12,14,23H2,1H3,(H,24,29)(H,25,30,31). The maximum Gasteiger partial charge on any atom is 0.330 e. The number of nitrogen functional groups attached to an aromatic ring is 1. The second-order valence-electron chi connectivity index (χ2n) is 7.04. The maximum absolute atomic E-state index is 12.8. The summed E-state index contributed by atoms with van der Waals surface area (Å²) in [6, 6.07) is 12.7. The molecule has 0 unspecified atom stereocenters. The third-order valence-electron chi connectivity index (χ3n) is 4.88. The summed E-state index contributed by atoms with van der Waals surface area (Å²) in [4.78, 5) is 53.8. The first kappa shape index (κ1) is 23.0. The summed E-state index contributed by atoms with van der Waals surface area (Å²) in [6.45, 7) is 2.41. The van der Waals surface area contributed by atoms with Crippen LogP contribution in [0.3, 0.4) is 0 Å². The van der Waals surface area contributed by atoms with Crippen LogP contribution in [0.5, 0.6) is 0 Å². The third kappa shape index (κ3) is 5.33. The number of carbonyl (C=O) groups is 2. The van der Waals surface area contributed by atoms with Crippen LogP contribution in [-0.2, 0) is 11.3 Å². The van der Waals surface area contributed by atoms with Gasteiger partial charge in [-0.15, -0.1) is 11.3 Å². The molecule has 0 radical (unpaired) electrons. The summed E-state index contributed by atoms with van der Waals surface area (Å²) in [6.07, 6.45) is 0.503. The van der Waals surface area contributed by atoms with Crippen molar-refractivity contribution in [3.05, 3.63) is 79.1 Å². The van der Waals surface area contributed by atoms with Gasteiger partial charge in [0.1, 0.15) is 5.82 Å². The summed E-state index contributed by atoms with van der Waals surface area (Å²) in [5, 5.41) is 4.58. The lowest BCUT2D eigenvalue weighted by atomic mass is 10.2. The van der Waals surface area contributed by atoms with E-state index >= 15 is 0 Å². The topological polar surface area (TPSA) is 130 Å². The van der Waals surface area contributed by atoms with E-state index in [2.05, 4.69) is 10.3 Å². The van der Waals surface area contributed by atoms with Crippen molar-refractivity contribution >= 4 is 34.7 Å². The van der Waals surface area contributed by atoms with Crippen molar-refractivity contribution in [2.75, 3.05) is 23.7 Å². The van der Waals surface area contributed by atoms with Crippen molar-refractivity contribution in [3.63, 3.8) is 0 Å². The number of nitrogens with one attached hydrogen (secondary N) is 2. The number of amides is 2. The van der Waals surface area contributed by atoms with Gasteiger partial charge in [-0.2, -0.15) is 0 Å². The summed E-state index contributed by atoms with van der Waals surface area (Å²) >= 11 is 1.34. The zero-order chi connectivity index (χ0) is 23.1. The maximum atomic E-state index is 12.8. The van der Waals surface area contributed by atoms with Crippen LogP contribution >= 0.6 is 11.3 Å². The van der Waals surface area contributed by atoms with Gasteiger partial charge >= 0.3 is 5.69 Å². The van der Waals surface area contributed by atoms with Gasteiger partial charge in [-0.05, 0) is 30.4 Å². The number of aromatic nitrogens is 2. The first-order valence-electron chi connectivity index (χ1n) is 10.2. The molecule has 0 aliphatic rings. The molecule has 9 nitrogen and oxygen atoms in total. The highest BCUT2D eigenvalue weighted by Gasteiger charge is 2.22. The molecule has 10 heteroatoms. The first-order valence-corrected chi connectivity index (χ1v) is 11.1. The van der Waals surface area contributed by atoms with Gasteiger partial charge in [-0.1, -0.05) is 36.4 Å². The summed E-state index contributed by atoms with van der Waals surface area (Å²) < 4.78 is 1.24. The number of hydrogen-bond acceptors (Lipinski definition) is 6. The number of hydrogen-bond donors (Lipinski definition) is 3. The lowest BCUT2D eigenvalue weighted by Gasteiger charge is -2.23. The van der Waals surface area contributed by atoms with Crippen LogP contribution in [0.15, 0.2) is 57.4 Å². The molecule has 0 saturated carbocycles. The van der Waals surface area contributed by atoms with Gasteiger partial charge in [-0.3, -0.25) is 23.9 Å². The number of carbonyl (C=O) groups excluding carboxylic acids is 2. The monoisotopic (exact) mass is 455 g/mol. The Morgan fingerprint density at radius 2 is 1.91 bits per heavy atom. The number of anilines is 2. The number of H-pyrrole nitrogens is 1. The number of rotatable bonds is 9. The minimum atomic E-state index is -0.710. The Morgan fingerprint density at radius 3 is 2.56 bits per heavy atom. The average Bonchev–Trinajstić information content (AvgIpc) is 3.32. The molecule has 0 spiro atoms. The molecule has 0 atom stereocenters. The Hall–Kier alpha value is -3.66. The van der Waals surface area contributed by atoms with Crippen LogP contribution in [0.4, 0.5) is 11.5 Å². The number of aromatic amines is 1. The Labute approximate surface area is 188 Å². The van der Waals surface area contributed by atoms with Gasteiger partial charge in [0.25, 0.3) is 11.5 Å². The SMILES string of the molecule is CCN(C(=O)CCCNC(=O)c1cccs1)c1c(N)n(Cc2ccccc2)c(=O)[nH]c1=O. The molecular formula is C22H25N5O4S. The highest BCUT2D eigenvalue weighted by Crippen LogP contribution is 2.19. The molecule has 3 rings (SSSR count). The molecule has 0 aliphatic heterocycles. The molecule has 4 N–H and O–H groups in total. The van der Waals surface area contributed by atoms with Gasteiger partial charge in [-0.25, -0.2) is 4.79 Å². The molecular weight excluding hydrogens is 430 g/mol. The molecule has 1 aromatic carbocycles. The van der Waals surface area contributed by atoms with E-state index in [-0.39, 0.29) is 42.8 Å². The highest BCUT2D eigenvalue weighted by atomic mass is 32.1. The molecule has 32 heavy (non-hydrogen) atoms. The number of benzene rings is 1. The van der Waals surface area contributed by atoms with Crippen LogP contribution in [0.25, 0.3) is 0 Å². The van der Waals surface area contributed by atoms with Crippen LogP contribution in [0.1, 0.15) is 35.0 Å². The summed E-state index contributed by atoms with van der Waals surface area (Å²) in [7, 11) is 0. The van der Waals surface area contributed by atoms with Crippen LogP contribution in [0.2, 0.25) is 0 Å². The van der Waals surface area contributed by atoms with E-state index in [0.29, 0.717) is 17.8 Å². The Balaban J connectivity index is 1.72. The molecule has 0 bridgehead atoms. The average molecular weight is 456 g/mol. The van der Waals surface area contributed by atoms with Gasteiger partial charge < -0.3 is 16.0 Å². The second kappa shape index (κ2) is 10.6. The lowest BCUT2D eigenvalue weighted by molar-refractivity contribution is -0.118. The third-order valence-corrected chi connectivity index (χ3v) is 5.75. The van der Waals surface area contributed by atoms with E-state index in [0.717, 1.165) is 5.56 Å². The van der Waals surface area contributed by atoms with E-state index < -0.39 is 11.2 Å². The molecule has 2 heterocycles. The summed E-state index contributed by atoms with van der Waals surface area (Å²) in [5.74, 6) is -0.572. The van der Waals surface area contributed by atoms with E-state index in [9.17, 15) is 19.2 Å². The van der Waals surface area contributed by atoms with Gasteiger partial charge in [0.15, 0.2) is 5.69 Å². The van der Waals surface area contributed by atoms with E-state index in [4.69, 9.17) is 5.73 Å². The Kier molecular flexibility index (Phi) is 7.61. The fourth-order valence-corrected chi connectivity index (χ4v) is 3.93. The fraction of sp³-hybridized carbons (Fsp3) is 0.273. The first-order chi connectivity index (χ1) is 15.4. The minimum absolute atomic E-state index is 0.0457. The molecule has 0 fully saturated rings. The van der Waals surface area contributed by atoms with Crippen molar-refractivity contribution in [2.45, 2.75) is 26.3 Å². The molecule has 3 aromatic rings. The van der Waals surface area contributed by atoms with E-state index in [1.807, 2.05) is 35.7 Å². The molecule has 0 saturated heterocycles. The summed E-state index contributed by atoms with van der Waals surface area (Å²) in [5.41, 5.74) is 5.62. The van der Waals surface area contributed by atoms with E-state index in [1.165, 1.54) is 20.8 Å². The van der Waals surface area contributed by atoms with Gasteiger partial charge in [0.05, 0.1) is 11.4 Å². The number of nitrogens with two attached hydrogens (primary N) is 1. The van der Waals surface area contributed by atoms with E-state index in [1.54, 1.807) is 19.1 Å². The Bertz CT molecular complexity index is 1190. The zero-order valence-corrected chi connectivity index (χ0v) is 18.5. The molecule has 0 aliphatic carbocycles. The molecule has 2 amide bonds. The Morgan fingerprint density at radius 1 is 1.16 bits per heavy atom. The van der Waals surface area contributed by atoms with Crippen LogP contribution < -0.4 is 27.2 Å². The quantitative estimate of drug-likeness (QED) is 0.424. The van der Waals surface area contributed by atoms with Crippen molar-refractivity contribution in [2.24, 2.45) is 0 Å². The largest absolute Gasteiger partial charge is 0.383 e. The van der Waals surface area contributed by atoms with Crippen molar-refractivity contribution in [1.29, 1.82) is 0 Å². The predicted molar refractivity (Wildman–Crippen MR) is 125 cm³/mol. The fourth-order valence-electron chi connectivity index (χ4n) is 3.29. The number of thiophene rings is 1. The normalized spacial score (nSPS) is 10.7. The van der Waals surface area contributed by atoms with Crippen LogP contribution in [0, 0.1) is 0 Å². The smallest absolute Gasteiger partial charge is 0.330 e. The number of nitrogens with zero attached hydrogens (tertiary/aromatic N) is 2. The van der Waals surface area contributed by atoms with Crippen molar-refractivity contribution in [3.8, 4) is 0 Å².